The van der Waals surface area contributed by atoms with E-state index in [-0.39, 0.29) is 5.75 Å². The second-order valence-electron chi connectivity index (χ2n) is 4.68. The molecule has 0 bridgehead atoms. The highest BCUT2D eigenvalue weighted by Crippen LogP contribution is 2.23. The molecule has 2 N–H and O–H groups in total. The Morgan fingerprint density at radius 1 is 1.16 bits per heavy atom. The molecule has 0 aromatic heterocycles. The summed E-state index contributed by atoms with van der Waals surface area (Å²) in [5.41, 5.74) is 2.69. The van der Waals surface area contributed by atoms with Gasteiger partial charge in [-0.1, -0.05) is 42.0 Å². The number of benzene rings is 2. The zero-order valence-electron chi connectivity index (χ0n) is 10.7. The maximum Gasteiger partial charge on any atom is 0.311 e. The SMILES string of the molecule is Cc1ccc(C(Cc2cccc(O)c2)C(=O)O)cc1. The molecule has 2 aromatic carbocycles. The molecule has 0 radical (unpaired) electrons. The standard InChI is InChI=1S/C16H16O3/c1-11-5-7-13(8-6-11)15(16(18)19)10-12-3-2-4-14(17)9-12/h2-9,15,17H,10H2,1H3,(H,18,19). The van der Waals surface area contributed by atoms with Crippen LogP contribution in [-0.2, 0) is 11.2 Å². The maximum absolute atomic E-state index is 11.4. The lowest BCUT2D eigenvalue weighted by Crippen LogP contribution is -2.14. The van der Waals surface area contributed by atoms with E-state index in [9.17, 15) is 15.0 Å². The molecule has 0 amide bonds. The van der Waals surface area contributed by atoms with E-state index in [4.69, 9.17) is 0 Å². The summed E-state index contributed by atoms with van der Waals surface area (Å²) >= 11 is 0. The number of carbonyl (C=O) groups is 1. The van der Waals surface area contributed by atoms with Crippen molar-refractivity contribution in [3.05, 3.63) is 65.2 Å². The van der Waals surface area contributed by atoms with Gasteiger partial charge >= 0.3 is 5.97 Å². The summed E-state index contributed by atoms with van der Waals surface area (Å²) in [4.78, 5) is 11.4. The Balaban J connectivity index is 2.26. The van der Waals surface area contributed by atoms with E-state index in [0.717, 1.165) is 16.7 Å². The Labute approximate surface area is 112 Å². The highest BCUT2D eigenvalue weighted by Gasteiger charge is 2.20. The van der Waals surface area contributed by atoms with E-state index in [0.29, 0.717) is 6.42 Å². The van der Waals surface area contributed by atoms with E-state index < -0.39 is 11.9 Å². The second-order valence-corrected chi connectivity index (χ2v) is 4.68. The number of hydrogen-bond acceptors (Lipinski definition) is 2. The quantitative estimate of drug-likeness (QED) is 0.883. The molecule has 3 nitrogen and oxygen atoms in total. The van der Waals surface area contributed by atoms with E-state index in [2.05, 4.69) is 0 Å². The van der Waals surface area contributed by atoms with Crippen molar-refractivity contribution in [3.63, 3.8) is 0 Å². The summed E-state index contributed by atoms with van der Waals surface area (Å²) in [5, 5.41) is 18.8. The minimum atomic E-state index is -0.854. The number of carboxylic acids is 1. The lowest BCUT2D eigenvalue weighted by atomic mass is 9.91. The van der Waals surface area contributed by atoms with E-state index in [1.807, 2.05) is 37.3 Å². The van der Waals surface area contributed by atoms with Crippen molar-refractivity contribution in [2.75, 3.05) is 0 Å². The van der Waals surface area contributed by atoms with Gasteiger partial charge in [0.05, 0.1) is 5.92 Å². The fourth-order valence-electron chi connectivity index (χ4n) is 2.07. The van der Waals surface area contributed by atoms with E-state index in [1.54, 1.807) is 18.2 Å². The third-order valence-corrected chi connectivity index (χ3v) is 3.13. The highest BCUT2D eigenvalue weighted by molar-refractivity contribution is 5.76. The highest BCUT2D eigenvalue weighted by atomic mass is 16.4. The molecule has 0 saturated heterocycles. The first-order valence-electron chi connectivity index (χ1n) is 6.13. The van der Waals surface area contributed by atoms with Crippen molar-refractivity contribution < 1.29 is 15.0 Å². The lowest BCUT2D eigenvalue weighted by Gasteiger charge is -2.13. The van der Waals surface area contributed by atoms with Gasteiger partial charge in [0.25, 0.3) is 0 Å². The van der Waals surface area contributed by atoms with Crippen LogP contribution in [0, 0.1) is 6.92 Å². The monoisotopic (exact) mass is 256 g/mol. The van der Waals surface area contributed by atoms with Gasteiger partial charge in [0, 0.05) is 0 Å². The number of carboxylic acid groups (broad SMARTS) is 1. The number of aryl methyl sites for hydroxylation is 1. The van der Waals surface area contributed by atoms with Crippen molar-refractivity contribution in [1.82, 2.24) is 0 Å². The summed E-state index contributed by atoms with van der Waals surface area (Å²) < 4.78 is 0. The third-order valence-electron chi connectivity index (χ3n) is 3.13. The molecule has 0 heterocycles. The molecule has 3 heteroatoms. The molecule has 0 fully saturated rings. The van der Waals surface area contributed by atoms with E-state index in [1.165, 1.54) is 0 Å². The van der Waals surface area contributed by atoms with Gasteiger partial charge in [0.1, 0.15) is 5.75 Å². The maximum atomic E-state index is 11.4. The lowest BCUT2D eigenvalue weighted by molar-refractivity contribution is -0.138. The number of aliphatic carboxylic acids is 1. The van der Waals surface area contributed by atoms with Crippen LogP contribution in [0.4, 0.5) is 0 Å². The van der Waals surface area contributed by atoms with Crippen LogP contribution >= 0.6 is 0 Å². The fraction of sp³-hybridized carbons (Fsp3) is 0.188. The minimum Gasteiger partial charge on any atom is -0.508 e. The normalized spacial score (nSPS) is 12.1. The van der Waals surface area contributed by atoms with Crippen LogP contribution in [0.5, 0.6) is 5.75 Å². The Morgan fingerprint density at radius 3 is 2.42 bits per heavy atom. The number of aromatic hydroxyl groups is 1. The van der Waals surface area contributed by atoms with Gasteiger partial charge in [-0.15, -0.1) is 0 Å². The number of rotatable bonds is 4. The van der Waals surface area contributed by atoms with Crippen LogP contribution in [0.25, 0.3) is 0 Å². The van der Waals surface area contributed by atoms with Crippen LogP contribution in [0.2, 0.25) is 0 Å². The largest absolute Gasteiger partial charge is 0.508 e. The van der Waals surface area contributed by atoms with Crippen molar-refractivity contribution >= 4 is 5.97 Å². The second kappa shape index (κ2) is 5.57. The Kier molecular flexibility index (Phi) is 3.85. The average Bonchev–Trinajstić information content (AvgIpc) is 2.37. The fourth-order valence-corrected chi connectivity index (χ4v) is 2.07. The first-order chi connectivity index (χ1) is 9.06. The zero-order valence-corrected chi connectivity index (χ0v) is 10.7. The van der Waals surface area contributed by atoms with Gasteiger partial charge in [0.15, 0.2) is 0 Å². The van der Waals surface area contributed by atoms with Gasteiger partial charge in [-0.3, -0.25) is 4.79 Å². The molecule has 2 aromatic rings. The van der Waals surface area contributed by atoms with E-state index >= 15 is 0 Å². The molecular weight excluding hydrogens is 240 g/mol. The molecule has 98 valence electrons. The molecule has 0 aliphatic rings. The number of hydrogen-bond donors (Lipinski definition) is 2. The number of phenols is 1. The van der Waals surface area contributed by atoms with Gasteiger partial charge < -0.3 is 10.2 Å². The molecule has 0 saturated carbocycles. The smallest absolute Gasteiger partial charge is 0.311 e. The molecule has 1 unspecified atom stereocenters. The first-order valence-corrected chi connectivity index (χ1v) is 6.13. The van der Waals surface area contributed by atoms with Gasteiger partial charge in [-0.05, 0) is 36.6 Å². The molecule has 0 aliphatic heterocycles. The van der Waals surface area contributed by atoms with Crippen LogP contribution in [0.3, 0.4) is 0 Å². The Hall–Kier alpha value is -2.29. The number of phenolic OH excluding ortho intramolecular Hbond substituents is 1. The molecule has 0 aliphatic carbocycles. The molecule has 0 spiro atoms. The van der Waals surface area contributed by atoms with Crippen LogP contribution in [0.15, 0.2) is 48.5 Å². The molecule has 2 rings (SSSR count). The third kappa shape index (κ3) is 3.35. The first kappa shape index (κ1) is 13.1. The zero-order chi connectivity index (χ0) is 13.8. The summed E-state index contributed by atoms with van der Waals surface area (Å²) in [7, 11) is 0. The predicted octanol–water partition coefficient (Wildman–Crippen LogP) is 3.11. The summed E-state index contributed by atoms with van der Waals surface area (Å²) in [6, 6.07) is 14.2. The molecular formula is C16H16O3. The minimum absolute atomic E-state index is 0.158. The van der Waals surface area contributed by atoms with Gasteiger partial charge in [0.2, 0.25) is 0 Å². The summed E-state index contributed by atoms with van der Waals surface area (Å²) in [6.07, 6.45) is 0.368. The molecule has 19 heavy (non-hydrogen) atoms. The Bertz CT molecular complexity index is 573. The summed E-state index contributed by atoms with van der Waals surface area (Å²) in [6.45, 7) is 1.97. The van der Waals surface area contributed by atoms with Crippen LogP contribution < -0.4 is 0 Å². The van der Waals surface area contributed by atoms with Crippen LogP contribution in [0.1, 0.15) is 22.6 Å². The molecule has 1 atom stereocenters. The van der Waals surface area contributed by atoms with Crippen molar-refractivity contribution in [1.29, 1.82) is 0 Å². The van der Waals surface area contributed by atoms with Crippen LogP contribution in [-0.4, -0.2) is 16.2 Å². The van der Waals surface area contributed by atoms with Gasteiger partial charge in [-0.25, -0.2) is 0 Å². The van der Waals surface area contributed by atoms with Gasteiger partial charge in [-0.2, -0.15) is 0 Å². The Morgan fingerprint density at radius 2 is 1.84 bits per heavy atom. The average molecular weight is 256 g/mol. The topological polar surface area (TPSA) is 57.5 Å². The predicted molar refractivity (Wildman–Crippen MR) is 73.4 cm³/mol. The summed E-state index contributed by atoms with van der Waals surface area (Å²) in [5.74, 6) is -1.29. The van der Waals surface area contributed by atoms with Crippen molar-refractivity contribution in [2.45, 2.75) is 19.3 Å². The van der Waals surface area contributed by atoms with Crippen molar-refractivity contribution in [2.24, 2.45) is 0 Å². The van der Waals surface area contributed by atoms with Crippen molar-refractivity contribution in [3.8, 4) is 5.75 Å².